The second kappa shape index (κ2) is 15.0. The van der Waals surface area contributed by atoms with Gasteiger partial charge in [0.15, 0.2) is 5.82 Å². The average molecular weight is 827 g/mol. The van der Waals surface area contributed by atoms with Crippen molar-refractivity contribution in [1.82, 2.24) is 9.97 Å². The molecule has 2 heterocycles. The quantitative estimate of drug-likeness (QED) is 0.157. The van der Waals surface area contributed by atoms with Crippen LogP contribution in [-0.2, 0) is 0 Å². The van der Waals surface area contributed by atoms with Crippen LogP contribution in [0.15, 0.2) is 235 Å². The van der Waals surface area contributed by atoms with Crippen LogP contribution in [0.2, 0.25) is 0 Å². The van der Waals surface area contributed by atoms with Gasteiger partial charge in [-0.05, 0) is 107 Å². The third-order valence-electron chi connectivity index (χ3n) is 13.1. The zero-order valence-corrected chi connectivity index (χ0v) is 35.2. The van der Waals surface area contributed by atoms with E-state index in [9.17, 15) is 0 Å². The van der Waals surface area contributed by atoms with Crippen molar-refractivity contribution in [2.45, 2.75) is 0 Å². The number of rotatable bonds is 6. The van der Waals surface area contributed by atoms with Crippen LogP contribution in [0.5, 0.6) is 0 Å². The van der Waals surface area contributed by atoms with Gasteiger partial charge in [-0.25, -0.2) is 9.97 Å². The maximum atomic E-state index is 6.83. The summed E-state index contributed by atoms with van der Waals surface area (Å²) < 4.78 is 6.83. The molecule has 3 nitrogen and oxygen atoms in total. The third kappa shape index (κ3) is 6.28. The normalized spacial score (nSPS) is 11.7. The number of benzene rings is 11. The molecule has 0 fully saturated rings. The van der Waals surface area contributed by atoms with Crippen LogP contribution in [0.3, 0.4) is 0 Å². The summed E-state index contributed by atoms with van der Waals surface area (Å²) in [6.45, 7) is 0. The van der Waals surface area contributed by atoms with Gasteiger partial charge < -0.3 is 4.42 Å². The van der Waals surface area contributed by atoms with Crippen molar-refractivity contribution in [2.24, 2.45) is 0 Å². The number of aromatic nitrogens is 2. The van der Waals surface area contributed by atoms with E-state index in [1.807, 2.05) is 36.4 Å². The molecule has 302 valence electrons. The van der Waals surface area contributed by atoms with Gasteiger partial charge in [-0.15, -0.1) is 0 Å². The van der Waals surface area contributed by atoms with Crippen molar-refractivity contribution in [3.63, 3.8) is 0 Å². The Balaban J connectivity index is 0.876. The number of fused-ring (bicyclic) bond motifs is 11. The first-order valence-corrected chi connectivity index (χ1v) is 22.1. The van der Waals surface area contributed by atoms with Crippen molar-refractivity contribution in [3.8, 4) is 67.3 Å². The fourth-order valence-corrected chi connectivity index (χ4v) is 9.87. The minimum absolute atomic E-state index is 0.710. The highest BCUT2D eigenvalue weighted by molar-refractivity contribution is 6.26. The Morgan fingerprint density at radius 2 is 0.708 bits per heavy atom. The summed E-state index contributed by atoms with van der Waals surface area (Å²) in [4.78, 5) is 10.0. The van der Waals surface area contributed by atoms with Gasteiger partial charge in [0.25, 0.3) is 0 Å². The number of nitrogens with zero attached hydrogens (tertiary/aromatic N) is 2. The standard InChI is InChI=1S/C62H38N2O/c1-3-14-40(15-4-1)58-38-59(64-62(63-58)42-16-5-2-6-17-42)41-28-26-39(27-29-41)43-18-13-19-46(34-43)55-37-57-53-33-31-45(36-60(53)65-61(57)54-25-12-11-24-51(54)55)44-30-32-52-49-22-8-7-20-47(49)48-21-9-10-23-50(48)56(52)35-44/h1-38H. The maximum Gasteiger partial charge on any atom is 0.160 e. The lowest BCUT2D eigenvalue weighted by Gasteiger charge is -2.12. The molecule has 0 aliphatic rings. The average Bonchev–Trinajstić information content (AvgIpc) is 3.77. The molecule has 13 rings (SSSR count). The molecule has 13 aromatic rings. The first-order valence-electron chi connectivity index (χ1n) is 22.1. The second-order valence-electron chi connectivity index (χ2n) is 16.9. The molecule has 0 atom stereocenters. The van der Waals surface area contributed by atoms with E-state index in [4.69, 9.17) is 14.4 Å². The van der Waals surface area contributed by atoms with Gasteiger partial charge in [-0.2, -0.15) is 0 Å². The van der Waals surface area contributed by atoms with E-state index in [2.05, 4.69) is 194 Å². The van der Waals surface area contributed by atoms with E-state index in [-0.39, 0.29) is 0 Å². The van der Waals surface area contributed by atoms with Crippen LogP contribution in [0.1, 0.15) is 0 Å². The Bertz CT molecular complexity index is 3890. The Hall–Kier alpha value is -8.66. The van der Waals surface area contributed by atoms with E-state index >= 15 is 0 Å². The number of hydrogen-bond donors (Lipinski definition) is 0. The summed E-state index contributed by atoms with van der Waals surface area (Å²) in [7, 11) is 0. The molecule has 0 N–H and O–H groups in total. The Labute approximate surface area is 375 Å². The Kier molecular flexibility index (Phi) is 8.53. The summed E-state index contributed by atoms with van der Waals surface area (Å²) in [5.41, 5.74) is 13.6. The molecule has 0 spiro atoms. The summed E-state index contributed by atoms with van der Waals surface area (Å²) in [5.74, 6) is 0.710. The highest BCUT2D eigenvalue weighted by Crippen LogP contribution is 2.43. The van der Waals surface area contributed by atoms with E-state index in [1.165, 1.54) is 43.4 Å². The van der Waals surface area contributed by atoms with Gasteiger partial charge in [0.1, 0.15) is 11.2 Å². The lowest BCUT2D eigenvalue weighted by atomic mass is 9.91. The molecule has 2 aromatic heterocycles. The predicted octanol–water partition coefficient (Wildman–Crippen LogP) is 17.0. The van der Waals surface area contributed by atoms with Crippen molar-refractivity contribution < 1.29 is 4.42 Å². The second-order valence-corrected chi connectivity index (χ2v) is 16.9. The minimum Gasteiger partial charge on any atom is -0.455 e. The first kappa shape index (κ1) is 36.9. The van der Waals surface area contributed by atoms with Crippen molar-refractivity contribution in [2.75, 3.05) is 0 Å². The minimum atomic E-state index is 0.710. The lowest BCUT2D eigenvalue weighted by molar-refractivity contribution is 0.673. The van der Waals surface area contributed by atoms with Crippen molar-refractivity contribution in [1.29, 1.82) is 0 Å². The van der Waals surface area contributed by atoms with Gasteiger partial charge in [0.05, 0.1) is 11.4 Å². The molecule has 0 saturated carbocycles. The van der Waals surface area contributed by atoms with Crippen LogP contribution in [0.4, 0.5) is 0 Å². The topological polar surface area (TPSA) is 38.9 Å². The fourth-order valence-electron chi connectivity index (χ4n) is 9.87. The molecule has 0 aliphatic heterocycles. The zero-order valence-electron chi connectivity index (χ0n) is 35.2. The molecule has 0 unspecified atom stereocenters. The predicted molar refractivity (Wildman–Crippen MR) is 272 cm³/mol. The smallest absolute Gasteiger partial charge is 0.160 e. The van der Waals surface area contributed by atoms with Gasteiger partial charge in [0, 0.05) is 32.8 Å². The molecule has 0 amide bonds. The first-order chi connectivity index (χ1) is 32.2. The molecular formula is C62H38N2O. The van der Waals surface area contributed by atoms with Gasteiger partial charge in [0.2, 0.25) is 0 Å². The SMILES string of the molecule is c1ccc(-c2cc(-c3ccc(-c4cccc(-c5cc6c7ccc(-c8ccc9c%10ccccc%10c%10ccccc%10c9c8)cc7oc6c6ccccc56)c4)cc3)nc(-c3ccccc3)n2)cc1. The molecule has 11 aromatic carbocycles. The van der Waals surface area contributed by atoms with Crippen LogP contribution in [0.25, 0.3) is 132 Å². The third-order valence-corrected chi connectivity index (χ3v) is 13.1. The monoisotopic (exact) mass is 826 g/mol. The fraction of sp³-hybridized carbons (Fsp3) is 0. The Morgan fingerprint density at radius 3 is 1.38 bits per heavy atom. The Morgan fingerprint density at radius 1 is 0.246 bits per heavy atom. The molecule has 65 heavy (non-hydrogen) atoms. The van der Waals surface area contributed by atoms with Crippen LogP contribution in [0, 0.1) is 0 Å². The largest absolute Gasteiger partial charge is 0.455 e. The summed E-state index contributed by atoms with van der Waals surface area (Å²) in [6.07, 6.45) is 0. The summed E-state index contributed by atoms with van der Waals surface area (Å²) in [6, 6.07) is 82.2. The van der Waals surface area contributed by atoms with Crippen LogP contribution < -0.4 is 0 Å². The van der Waals surface area contributed by atoms with E-state index in [0.29, 0.717) is 5.82 Å². The van der Waals surface area contributed by atoms with E-state index in [1.54, 1.807) is 0 Å². The van der Waals surface area contributed by atoms with Crippen molar-refractivity contribution >= 4 is 65.0 Å². The van der Waals surface area contributed by atoms with Crippen LogP contribution >= 0.6 is 0 Å². The van der Waals surface area contributed by atoms with E-state index < -0.39 is 0 Å². The lowest BCUT2D eigenvalue weighted by Crippen LogP contribution is -1.95. The van der Waals surface area contributed by atoms with Gasteiger partial charge >= 0.3 is 0 Å². The maximum absolute atomic E-state index is 6.83. The number of furan rings is 1. The van der Waals surface area contributed by atoms with Gasteiger partial charge in [-0.3, -0.25) is 0 Å². The van der Waals surface area contributed by atoms with E-state index in [0.717, 1.165) is 83.0 Å². The number of hydrogen-bond acceptors (Lipinski definition) is 3. The molecule has 0 saturated heterocycles. The van der Waals surface area contributed by atoms with Crippen LogP contribution in [-0.4, -0.2) is 9.97 Å². The zero-order chi connectivity index (χ0) is 42.8. The molecule has 0 radical (unpaired) electrons. The summed E-state index contributed by atoms with van der Waals surface area (Å²) >= 11 is 0. The molecule has 0 bridgehead atoms. The van der Waals surface area contributed by atoms with Gasteiger partial charge in [-0.1, -0.05) is 194 Å². The summed E-state index contributed by atoms with van der Waals surface area (Å²) in [5, 5.41) is 12.1. The van der Waals surface area contributed by atoms with Crippen molar-refractivity contribution in [3.05, 3.63) is 231 Å². The molecule has 3 heteroatoms. The highest BCUT2D eigenvalue weighted by atomic mass is 16.3. The molecule has 0 aliphatic carbocycles. The highest BCUT2D eigenvalue weighted by Gasteiger charge is 2.18. The molecular weight excluding hydrogens is 789 g/mol.